The number of nitrogens with zero attached hydrogens (tertiary/aromatic N) is 1. The summed E-state index contributed by atoms with van der Waals surface area (Å²) in [6, 6.07) is 5.40. The number of carbonyl (C=O) groups is 2. The summed E-state index contributed by atoms with van der Waals surface area (Å²) >= 11 is 0. The van der Waals surface area contributed by atoms with Crippen molar-refractivity contribution >= 4 is 22.1 Å². The minimum absolute atomic E-state index is 0.191. The van der Waals surface area contributed by atoms with Gasteiger partial charge in [0.15, 0.2) is 21.3 Å². The van der Waals surface area contributed by atoms with Crippen LogP contribution in [0.1, 0.15) is 26.3 Å². The number of benzene rings is 1. The Hall–Kier alpha value is -2.69. The number of ether oxygens (including phenoxy) is 5. The Morgan fingerprint density at radius 1 is 1.17 bits per heavy atom. The van der Waals surface area contributed by atoms with Gasteiger partial charge in [0, 0.05) is 25.8 Å². The highest BCUT2D eigenvalue weighted by Crippen LogP contribution is 2.33. The molecule has 1 amide bonds. The Labute approximate surface area is 175 Å². The lowest BCUT2D eigenvalue weighted by Crippen LogP contribution is -2.41. The van der Waals surface area contributed by atoms with E-state index in [0.717, 1.165) is 11.8 Å². The molecule has 2 atom stereocenters. The van der Waals surface area contributed by atoms with Crippen molar-refractivity contribution in [3.8, 4) is 11.5 Å². The average Bonchev–Trinajstić information content (AvgIpc) is 3.08. The van der Waals surface area contributed by atoms with Crippen LogP contribution in [0.3, 0.4) is 0 Å². The van der Waals surface area contributed by atoms with Gasteiger partial charge in [0.05, 0.1) is 5.75 Å². The van der Waals surface area contributed by atoms with Crippen molar-refractivity contribution in [3.63, 3.8) is 0 Å². The highest BCUT2D eigenvalue weighted by Gasteiger charge is 2.24. The third kappa shape index (κ3) is 7.29. The van der Waals surface area contributed by atoms with Crippen LogP contribution in [0, 0.1) is 0 Å². The normalized spacial score (nSPS) is 14.5. The lowest BCUT2D eigenvalue weighted by atomic mass is 10.1. The molecule has 0 aromatic heterocycles. The highest BCUT2D eigenvalue weighted by atomic mass is 32.2. The zero-order chi connectivity index (χ0) is 22.3. The molecule has 10 nitrogen and oxygen atoms in total. The summed E-state index contributed by atoms with van der Waals surface area (Å²) in [4.78, 5) is 25.5. The zero-order valence-electron chi connectivity index (χ0n) is 17.5. The molecule has 0 aliphatic carbocycles. The summed E-state index contributed by atoms with van der Waals surface area (Å²) in [5, 5.41) is 0. The fourth-order valence-corrected chi connectivity index (χ4v) is 3.21. The quantitative estimate of drug-likeness (QED) is 0.417. The van der Waals surface area contributed by atoms with E-state index in [1.165, 1.54) is 11.8 Å². The second kappa shape index (κ2) is 10.4. The maximum absolute atomic E-state index is 12.5. The number of carbonyl (C=O) groups excluding carboxylic acids is 2. The molecule has 0 saturated heterocycles. The third-order valence-electron chi connectivity index (χ3n) is 4.28. The monoisotopic (exact) mass is 445 g/mol. The third-order valence-corrected chi connectivity index (χ3v) is 5.19. The molecule has 2 rings (SSSR count). The van der Waals surface area contributed by atoms with Crippen LogP contribution in [-0.4, -0.2) is 69.9 Å². The van der Waals surface area contributed by atoms with E-state index in [0.29, 0.717) is 24.5 Å². The molecule has 1 aliphatic heterocycles. The molecule has 11 heteroatoms. The molecule has 0 spiro atoms. The number of sulfone groups is 1. The molecular weight excluding hydrogens is 418 g/mol. The van der Waals surface area contributed by atoms with Crippen LogP contribution in [0.15, 0.2) is 18.2 Å². The van der Waals surface area contributed by atoms with Crippen LogP contribution in [0.4, 0.5) is 9.59 Å². The van der Waals surface area contributed by atoms with Crippen LogP contribution in [0.25, 0.3) is 0 Å². The molecule has 168 valence electrons. The standard InChI is InChI=1S/C19H27NO9S/c1-5-20(13(2)10-15-6-7-16-17(11-15)27-12-26-16)18(21)28-14(3)29-19(22)25-8-9-30(4,23)24/h6-7,11,13-14H,5,8-10,12H2,1-4H3. The van der Waals surface area contributed by atoms with E-state index in [1.807, 2.05) is 32.0 Å². The van der Waals surface area contributed by atoms with Gasteiger partial charge in [-0.05, 0) is 38.0 Å². The van der Waals surface area contributed by atoms with Crippen molar-refractivity contribution in [3.05, 3.63) is 23.8 Å². The largest absolute Gasteiger partial charge is 0.511 e. The van der Waals surface area contributed by atoms with E-state index >= 15 is 0 Å². The van der Waals surface area contributed by atoms with Crippen LogP contribution >= 0.6 is 0 Å². The van der Waals surface area contributed by atoms with Gasteiger partial charge in [-0.3, -0.25) is 0 Å². The summed E-state index contributed by atoms with van der Waals surface area (Å²) in [7, 11) is -3.26. The predicted molar refractivity (Wildman–Crippen MR) is 106 cm³/mol. The Morgan fingerprint density at radius 2 is 1.87 bits per heavy atom. The minimum Gasteiger partial charge on any atom is -0.454 e. The van der Waals surface area contributed by atoms with E-state index in [9.17, 15) is 18.0 Å². The maximum atomic E-state index is 12.5. The molecule has 0 bridgehead atoms. The smallest absolute Gasteiger partial charge is 0.454 e. The summed E-state index contributed by atoms with van der Waals surface area (Å²) in [5.74, 6) is 1.03. The van der Waals surface area contributed by atoms with Crippen molar-refractivity contribution in [2.45, 2.75) is 39.5 Å². The van der Waals surface area contributed by atoms with E-state index in [1.54, 1.807) is 0 Å². The number of hydrogen-bond acceptors (Lipinski definition) is 9. The van der Waals surface area contributed by atoms with Gasteiger partial charge in [0.2, 0.25) is 13.1 Å². The summed E-state index contributed by atoms with van der Waals surface area (Å²) in [6.45, 7) is 5.28. The molecular formula is C19H27NO9S. The fraction of sp³-hybridized carbons (Fsp3) is 0.579. The van der Waals surface area contributed by atoms with Gasteiger partial charge in [-0.1, -0.05) is 6.07 Å². The zero-order valence-corrected chi connectivity index (χ0v) is 18.3. The molecule has 0 radical (unpaired) electrons. The van der Waals surface area contributed by atoms with Gasteiger partial charge < -0.3 is 28.6 Å². The molecule has 0 saturated carbocycles. The first-order valence-electron chi connectivity index (χ1n) is 9.46. The summed E-state index contributed by atoms with van der Waals surface area (Å²) in [6.07, 6.45) is -1.38. The average molecular weight is 445 g/mol. The lowest BCUT2D eigenvalue weighted by Gasteiger charge is -2.28. The van der Waals surface area contributed by atoms with E-state index in [2.05, 4.69) is 4.74 Å². The number of hydrogen-bond donors (Lipinski definition) is 0. The minimum atomic E-state index is -3.26. The number of likely N-dealkylation sites (N-methyl/N-ethyl adjacent to an activating group) is 1. The van der Waals surface area contributed by atoms with Crippen LogP contribution < -0.4 is 9.47 Å². The van der Waals surface area contributed by atoms with Crippen molar-refractivity contribution in [1.82, 2.24) is 4.90 Å². The van der Waals surface area contributed by atoms with Gasteiger partial charge >= 0.3 is 12.2 Å². The maximum Gasteiger partial charge on any atom is 0.511 e. The van der Waals surface area contributed by atoms with Gasteiger partial charge in [0.25, 0.3) is 0 Å². The van der Waals surface area contributed by atoms with Gasteiger partial charge in [-0.2, -0.15) is 0 Å². The first kappa shape index (κ1) is 23.6. The summed E-state index contributed by atoms with van der Waals surface area (Å²) < 4.78 is 47.3. The highest BCUT2D eigenvalue weighted by molar-refractivity contribution is 7.90. The number of amides is 1. The Bertz CT molecular complexity index is 856. The van der Waals surface area contributed by atoms with Crippen LogP contribution in [-0.2, 0) is 30.5 Å². The van der Waals surface area contributed by atoms with Crippen LogP contribution in [0.2, 0.25) is 0 Å². The second-order valence-electron chi connectivity index (χ2n) is 6.82. The molecule has 2 unspecified atom stereocenters. The van der Waals surface area contributed by atoms with Gasteiger partial charge in [0.1, 0.15) is 6.61 Å². The first-order chi connectivity index (χ1) is 14.1. The Morgan fingerprint density at radius 3 is 2.53 bits per heavy atom. The molecule has 1 aromatic rings. The molecule has 30 heavy (non-hydrogen) atoms. The molecule has 1 heterocycles. The van der Waals surface area contributed by atoms with Crippen LogP contribution in [0.5, 0.6) is 11.5 Å². The fourth-order valence-electron chi connectivity index (χ4n) is 2.82. The molecule has 1 aliphatic rings. The molecule has 0 fully saturated rings. The predicted octanol–water partition coefficient (Wildman–Crippen LogP) is 2.35. The number of rotatable bonds is 9. The summed E-state index contributed by atoms with van der Waals surface area (Å²) in [5.41, 5.74) is 0.969. The number of fused-ring (bicyclic) bond motifs is 1. The lowest BCUT2D eigenvalue weighted by molar-refractivity contribution is -0.0832. The van der Waals surface area contributed by atoms with E-state index < -0.39 is 28.4 Å². The van der Waals surface area contributed by atoms with Gasteiger partial charge in [-0.15, -0.1) is 0 Å². The van der Waals surface area contributed by atoms with E-state index in [-0.39, 0.29) is 25.2 Å². The Balaban J connectivity index is 1.83. The van der Waals surface area contributed by atoms with Crippen molar-refractivity contribution < 1.29 is 41.7 Å². The molecule has 0 N–H and O–H groups in total. The van der Waals surface area contributed by atoms with Crippen molar-refractivity contribution in [2.24, 2.45) is 0 Å². The Kier molecular flexibility index (Phi) is 8.16. The van der Waals surface area contributed by atoms with Gasteiger partial charge in [-0.25, -0.2) is 18.0 Å². The SMILES string of the molecule is CCN(C(=O)OC(C)OC(=O)OCCS(C)(=O)=O)C(C)Cc1ccc2c(c1)OCO2. The van der Waals surface area contributed by atoms with E-state index in [4.69, 9.17) is 18.9 Å². The second-order valence-corrected chi connectivity index (χ2v) is 9.08. The molecule has 1 aromatic carbocycles. The first-order valence-corrected chi connectivity index (χ1v) is 11.5. The van der Waals surface area contributed by atoms with Crippen molar-refractivity contribution in [2.75, 3.05) is 32.0 Å². The van der Waals surface area contributed by atoms with Crippen molar-refractivity contribution in [1.29, 1.82) is 0 Å². The topological polar surface area (TPSA) is 118 Å².